The number of aldehydes is 1. The van der Waals surface area contributed by atoms with Crippen molar-refractivity contribution in [1.29, 1.82) is 0 Å². The van der Waals surface area contributed by atoms with Crippen LogP contribution in [0.4, 0.5) is 0 Å². The fourth-order valence-electron chi connectivity index (χ4n) is 3.29. The third kappa shape index (κ3) is 5.29. The summed E-state index contributed by atoms with van der Waals surface area (Å²) in [4.78, 5) is 31.9. The van der Waals surface area contributed by atoms with Crippen LogP contribution < -0.4 is 0 Å². The zero-order valence-electron chi connectivity index (χ0n) is 16.8. The molecule has 0 aliphatic carbocycles. The van der Waals surface area contributed by atoms with Crippen LogP contribution in [0.15, 0.2) is 29.2 Å². The van der Waals surface area contributed by atoms with Crippen LogP contribution in [0.2, 0.25) is 0 Å². The highest BCUT2D eigenvalue weighted by Crippen LogP contribution is 2.34. The molecule has 2 aromatic rings. The van der Waals surface area contributed by atoms with Crippen LogP contribution in [0.25, 0.3) is 10.6 Å². The Morgan fingerprint density at radius 3 is 2.37 bits per heavy atom. The first-order valence-electron chi connectivity index (χ1n) is 9.58. The Kier molecular flexibility index (Phi) is 8.24. The highest BCUT2D eigenvalue weighted by Gasteiger charge is 2.31. The molecule has 1 unspecified atom stereocenters. The summed E-state index contributed by atoms with van der Waals surface area (Å²) in [6.07, 6.45) is 5.19. The molecule has 2 rings (SSSR count). The Morgan fingerprint density at radius 2 is 1.89 bits per heavy atom. The summed E-state index contributed by atoms with van der Waals surface area (Å²) in [6, 6.07) is 8.26. The maximum Gasteiger partial charge on any atom is 0.152 e. The first kappa shape index (κ1) is 21.8. The van der Waals surface area contributed by atoms with Crippen molar-refractivity contribution >= 4 is 35.2 Å². The Morgan fingerprint density at radius 1 is 1.22 bits per heavy atom. The van der Waals surface area contributed by atoms with Crippen LogP contribution in [0.5, 0.6) is 0 Å². The maximum atomic E-state index is 13.1. The summed E-state index contributed by atoms with van der Waals surface area (Å²) >= 11 is 3.29. The van der Waals surface area contributed by atoms with Gasteiger partial charge in [0.2, 0.25) is 0 Å². The van der Waals surface area contributed by atoms with Crippen molar-refractivity contribution in [2.45, 2.75) is 57.8 Å². The molecule has 0 saturated heterocycles. The Hall–Kier alpha value is -1.46. The molecule has 0 radical (unpaired) electrons. The van der Waals surface area contributed by atoms with Gasteiger partial charge in [-0.1, -0.05) is 39.8 Å². The molecule has 1 aromatic carbocycles. The lowest BCUT2D eigenvalue weighted by atomic mass is 9.84. The van der Waals surface area contributed by atoms with Gasteiger partial charge in [0, 0.05) is 21.3 Å². The lowest BCUT2D eigenvalue weighted by molar-refractivity contribution is -0.128. The minimum Gasteiger partial charge on any atom is -0.302 e. The van der Waals surface area contributed by atoms with Gasteiger partial charge in [0.15, 0.2) is 5.78 Å². The van der Waals surface area contributed by atoms with E-state index < -0.39 is 5.92 Å². The highest BCUT2D eigenvalue weighted by atomic mass is 32.2. The van der Waals surface area contributed by atoms with Crippen LogP contribution in [0.1, 0.15) is 57.0 Å². The summed E-state index contributed by atoms with van der Waals surface area (Å²) in [6.45, 7) is 8.30. The summed E-state index contributed by atoms with van der Waals surface area (Å²) < 4.78 is 0. The predicted octanol–water partition coefficient (Wildman–Crippen LogP) is 6.02. The van der Waals surface area contributed by atoms with Crippen LogP contribution in [-0.4, -0.2) is 23.3 Å². The maximum absolute atomic E-state index is 13.1. The summed E-state index contributed by atoms with van der Waals surface area (Å²) in [5.74, 6) is -0.390. The van der Waals surface area contributed by atoms with E-state index in [9.17, 15) is 9.59 Å². The number of nitrogens with zero attached hydrogens (tertiary/aromatic N) is 1. The lowest BCUT2D eigenvalue weighted by Gasteiger charge is -2.19. The Balaban J connectivity index is 2.38. The van der Waals surface area contributed by atoms with Crippen LogP contribution in [-0.2, 0) is 16.0 Å². The SMILES string of the molecule is CCc1sc(-c2ccc(SC)cc2)nc1C(C=O)C(=O)[C@H](CC)CC(C)C. The van der Waals surface area contributed by atoms with E-state index in [0.29, 0.717) is 11.6 Å². The number of rotatable bonds is 10. The summed E-state index contributed by atoms with van der Waals surface area (Å²) in [7, 11) is 0. The monoisotopic (exact) mass is 403 g/mol. The van der Waals surface area contributed by atoms with Gasteiger partial charge in [-0.2, -0.15) is 0 Å². The first-order chi connectivity index (χ1) is 12.9. The molecule has 27 heavy (non-hydrogen) atoms. The second-order valence-corrected chi connectivity index (χ2v) is 9.12. The average molecular weight is 404 g/mol. The van der Waals surface area contributed by atoms with E-state index in [-0.39, 0.29) is 11.7 Å². The van der Waals surface area contributed by atoms with E-state index in [4.69, 9.17) is 4.98 Å². The topological polar surface area (TPSA) is 47.0 Å². The lowest BCUT2D eigenvalue weighted by Crippen LogP contribution is -2.25. The Labute approximate surface area is 171 Å². The van der Waals surface area contributed by atoms with Crippen molar-refractivity contribution in [3.05, 3.63) is 34.8 Å². The van der Waals surface area contributed by atoms with E-state index in [1.807, 2.05) is 13.2 Å². The molecule has 2 atom stereocenters. The highest BCUT2D eigenvalue weighted by molar-refractivity contribution is 7.98. The minimum atomic E-state index is -0.751. The number of carbonyl (C=O) groups excluding carboxylic acids is 2. The fourth-order valence-corrected chi connectivity index (χ4v) is 4.75. The molecule has 0 saturated carbocycles. The number of Topliss-reactive ketones (excluding diaryl/α,β-unsaturated/α-hetero) is 1. The van der Waals surface area contributed by atoms with Gasteiger partial charge >= 0.3 is 0 Å². The quantitative estimate of drug-likeness (QED) is 0.276. The molecule has 0 fully saturated rings. The number of benzene rings is 1. The number of hydrogen-bond donors (Lipinski definition) is 0. The Bertz CT molecular complexity index is 765. The molecule has 0 bridgehead atoms. The van der Waals surface area contributed by atoms with Gasteiger partial charge in [-0.25, -0.2) is 4.98 Å². The van der Waals surface area contributed by atoms with Crippen LogP contribution >= 0.6 is 23.1 Å². The summed E-state index contributed by atoms with van der Waals surface area (Å²) in [5.41, 5.74) is 1.69. The predicted molar refractivity (Wildman–Crippen MR) is 116 cm³/mol. The van der Waals surface area contributed by atoms with Crippen LogP contribution in [0.3, 0.4) is 0 Å². The molecule has 0 amide bonds. The van der Waals surface area contributed by atoms with Crippen LogP contribution in [0, 0.1) is 11.8 Å². The van der Waals surface area contributed by atoms with Crippen molar-refractivity contribution in [3.63, 3.8) is 0 Å². The normalized spacial score (nSPS) is 13.6. The van der Waals surface area contributed by atoms with E-state index in [2.05, 4.69) is 45.0 Å². The zero-order valence-corrected chi connectivity index (χ0v) is 18.5. The van der Waals surface area contributed by atoms with Gasteiger partial charge in [-0.15, -0.1) is 23.1 Å². The molecule has 146 valence electrons. The largest absolute Gasteiger partial charge is 0.302 e. The molecule has 0 spiro atoms. The number of aryl methyl sites for hydroxylation is 1. The smallest absolute Gasteiger partial charge is 0.152 e. The van der Waals surface area contributed by atoms with Crippen molar-refractivity contribution in [3.8, 4) is 10.6 Å². The van der Waals surface area contributed by atoms with E-state index in [0.717, 1.165) is 41.0 Å². The van der Waals surface area contributed by atoms with Gasteiger partial charge < -0.3 is 4.79 Å². The fraction of sp³-hybridized carbons (Fsp3) is 0.500. The number of thiazole rings is 1. The second-order valence-electron chi connectivity index (χ2n) is 7.16. The summed E-state index contributed by atoms with van der Waals surface area (Å²) in [5, 5.41) is 0.881. The van der Waals surface area contributed by atoms with Gasteiger partial charge in [-0.3, -0.25) is 4.79 Å². The van der Waals surface area contributed by atoms with Crippen molar-refractivity contribution in [2.75, 3.05) is 6.26 Å². The zero-order chi connectivity index (χ0) is 20.0. The standard InChI is InChI=1S/C22H29NO2S2/c1-6-15(12-14(3)4)21(25)18(13-24)20-19(7-2)27-22(23-20)16-8-10-17(26-5)11-9-16/h8-11,13-15,18H,6-7,12H2,1-5H3/t15-,18?/m1/s1. The molecule has 0 aliphatic heterocycles. The van der Waals surface area contributed by atoms with Crippen molar-refractivity contribution in [2.24, 2.45) is 11.8 Å². The molecular weight excluding hydrogens is 374 g/mol. The molecule has 0 aliphatic rings. The van der Waals surface area contributed by atoms with Gasteiger partial charge in [0.1, 0.15) is 17.2 Å². The number of aromatic nitrogens is 1. The second kappa shape index (κ2) is 10.2. The van der Waals surface area contributed by atoms with Gasteiger partial charge in [0.25, 0.3) is 0 Å². The first-order valence-corrected chi connectivity index (χ1v) is 11.6. The van der Waals surface area contributed by atoms with Gasteiger partial charge in [0.05, 0.1) is 5.69 Å². The number of thioether (sulfide) groups is 1. The molecule has 0 N–H and O–H groups in total. The number of hydrogen-bond acceptors (Lipinski definition) is 5. The average Bonchev–Trinajstić information content (AvgIpc) is 3.10. The molecule has 1 heterocycles. The molecule has 5 heteroatoms. The van der Waals surface area contributed by atoms with Crippen molar-refractivity contribution in [1.82, 2.24) is 4.98 Å². The van der Waals surface area contributed by atoms with E-state index >= 15 is 0 Å². The molecular formula is C22H29NO2S2. The molecule has 1 aromatic heterocycles. The number of carbonyl (C=O) groups is 2. The van der Waals surface area contributed by atoms with Crippen molar-refractivity contribution < 1.29 is 9.59 Å². The number of ketones is 1. The minimum absolute atomic E-state index is 0.0190. The molecule has 3 nitrogen and oxygen atoms in total. The third-order valence-corrected chi connectivity index (χ3v) is 6.78. The van der Waals surface area contributed by atoms with E-state index in [1.165, 1.54) is 4.90 Å². The third-order valence-electron chi connectivity index (χ3n) is 4.77. The van der Waals surface area contributed by atoms with E-state index in [1.54, 1.807) is 23.1 Å². The van der Waals surface area contributed by atoms with Gasteiger partial charge in [-0.05, 0) is 43.6 Å².